The molecule has 1 atom stereocenters. The molecule has 0 saturated carbocycles. The fourth-order valence-corrected chi connectivity index (χ4v) is 3.23. The fraction of sp³-hybridized carbons (Fsp3) is 0.619. The van der Waals surface area contributed by atoms with Gasteiger partial charge in [-0.2, -0.15) is 0 Å². The normalized spacial score (nSPS) is 17.9. The Labute approximate surface area is 138 Å². The number of unbranched alkanes of at least 4 members (excludes halogenated alkanes) is 4. The molecule has 0 N–H and O–H groups in total. The van der Waals surface area contributed by atoms with Gasteiger partial charge in [0.05, 0.1) is 0 Å². The summed E-state index contributed by atoms with van der Waals surface area (Å²) in [6.45, 7) is 13.6. The van der Waals surface area contributed by atoms with Gasteiger partial charge in [-0.3, -0.25) is 0 Å². The summed E-state index contributed by atoms with van der Waals surface area (Å²) < 4.78 is 0. The predicted octanol–water partition coefficient (Wildman–Crippen LogP) is 6.61. The molecule has 0 spiro atoms. The van der Waals surface area contributed by atoms with Crippen LogP contribution in [0.15, 0.2) is 48.9 Å². The Morgan fingerprint density at radius 3 is 2.41 bits per heavy atom. The second-order valence-electron chi connectivity index (χ2n) is 6.29. The highest BCUT2D eigenvalue weighted by molar-refractivity contribution is 5.28. The first-order valence-corrected chi connectivity index (χ1v) is 9.17. The average Bonchev–Trinajstić information content (AvgIpc) is 2.52. The zero-order valence-corrected chi connectivity index (χ0v) is 14.8. The number of allylic oxidation sites excluding steroid dienone is 4. The van der Waals surface area contributed by atoms with Crippen molar-refractivity contribution in [1.82, 2.24) is 4.90 Å². The third-order valence-corrected chi connectivity index (χ3v) is 4.47. The molecule has 1 aliphatic heterocycles. The van der Waals surface area contributed by atoms with Gasteiger partial charge in [0.15, 0.2) is 0 Å². The minimum absolute atomic E-state index is 0.548. The molecule has 1 aliphatic rings. The van der Waals surface area contributed by atoms with Crippen LogP contribution in [0.5, 0.6) is 0 Å². The van der Waals surface area contributed by atoms with E-state index in [0.29, 0.717) is 5.92 Å². The Hall–Kier alpha value is -1.24. The van der Waals surface area contributed by atoms with E-state index in [9.17, 15) is 0 Å². The molecule has 1 rings (SSSR count). The van der Waals surface area contributed by atoms with Gasteiger partial charge in [0, 0.05) is 30.8 Å². The van der Waals surface area contributed by atoms with Gasteiger partial charge in [0.25, 0.3) is 0 Å². The molecule has 0 amide bonds. The van der Waals surface area contributed by atoms with Crippen molar-refractivity contribution in [1.29, 1.82) is 0 Å². The summed E-state index contributed by atoms with van der Waals surface area (Å²) in [6.07, 6.45) is 19.9. The van der Waals surface area contributed by atoms with E-state index < -0.39 is 0 Å². The first kappa shape index (κ1) is 18.8. The van der Waals surface area contributed by atoms with Crippen LogP contribution in [0.2, 0.25) is 0 Å². The maximum Gasteiger partial charge on any atom is 0.0222 e. The van der Waals surface area contributed by atoms with Crippen LogP contribution in [0.4, 0.5) is 0 Å². The van der Waals surface area contributed by atoms with Crippen molar-refractivity contribution in [2.45, 2.75) is 71.6 Å². The molecule has 124 valence electrons. The topological polar surface area (TPSA) is 3.24 Å². The van der Waals surface area contributed by atoms with E-state index in [4.69, 9.17) is 0 Å². The monoisotopic (exact) mass is 301 g/mol. The zero-order valence-electron chi connectivity index (χ0n) is 14.8. The number of hydrogen-bond donors (Lipinski definition) is 0. The van der Waals surface area contributed by atoms with Crippen LogP contribution in [0.25, 0.3) is 0 Å². The molecule has 0 saturated heterocycles. The maximum absolute atomic E-state index is 3.98. The molecule has 1 heteroatoms. The van der Waals surface area contributed by atoms with Gasteiger partial charge in [-0.1, -0.05) is 57.8 Å². The van der Waals surface area contributed by atoms with Crippen LogP contribution in [0.1, 0.15) is 71.6 Å². The van der Waals surface area contributed by atoms with Gasteiger partial charge in [-0.05, 0) is 31.3 Å². The maximum atomic E-state index is 3.98. The molecule has 0 bridgehead atoms. The standard InChI is InChI=1S/C21H35N/c1-5-9-11-15-20-19(13-7-3)16-18-22(17-12-10-6-2)21(20)14-8-4/h7-8,16,18-19H,3-6,9-15,17H2,1-2H3. The first-order chi connectivity index (χ1) is 10.8. The van der Waals surface area contributed by atoms with Crippen molar-refractivity contribution in [3.8, 4) is 0 Å². The molecule has 0 aliphatic carbocycles. The van der Waals surface area contributed by atoms with Crippen LogP contribution in [-0.4, -0.2) is 11.4 Å². The minimum atomic E-state index is 0.548. The Bertz CT molecular complexity index is 389. The number of rotatable bonds is 12. The molecule has 1 heterocycles. The highest BCUT2D eigenvalue weighted by Gasteiger charge is 2.21. The van der Waals surface area contributed by atoms with Crippen molar-refractivity contribution in [3.63, 3.8) is 0 Å². The van der Waals surface area contributed by atoms with Crippen molar-refractivity contribution in [2.24, 2.45) is 5.92 Å². The van der Waals surface area contributed by atoms with Crippen LogP contribution in [0, 0.1) is 5.92 Å². The van der Waals surface area contributed by atoms with Crippen LogP contribution in [0.3, 0.4) is 0 Å². The molecule has 0 fully saturated rings. The molecule has 1 unspecified atom stereocenters. The lowest BCUT2D eigenvalue weighted by atomic mass is 9.86. The molecule has 0 aromatic rings. The molecule has 0 aromatic carbocycles. The lowest BCUT2D eigenvalue weighted by molar-refractivity contribution is 0.404. The predicted molar refractivity (Wildman–Crippen MR) is 99.7 cm³/mol. The zero-order chi connectivity index (χ0) is 16.2. The molecule has 1 nitrogen and oxygen atoms in total. The molecule has 0 aromatic heterocycles. The Balaban J connectivity index is 2.90. The summed E-state index contributed by atoms with van der Waals surface area (Å²) >= 11 is 0. The second kappa shape index (κ2) is 11.3. The fourth-order valence-electron chi connectivity index (χ4n) is 3.23. The second-order valence-corrected chi connectivity index (χ2v) is 6.29. The Morgan fingerprint density at radius 1 is 1.05 bits per heavy atom. The lowest BCUT2D eigenvalue weighted by Gasteiger charge is -2.33. The highest BCUT2D eigenvalue weighted by atomic mass is 15.1. The van der Waals surface area contributed by atoms with Crippen molar-refractivity contribution < 1.29 is 0 Å². The lowest BCUT2D eigenvalue weighted by Crippen LogP contribution is -2.25. The van der Waals surface area contributed by atoms with Crippen molar-refractivity contribution >= 4 is 0 Å². The van der Waals surface area contributed by atoms with E-state index >= 15 is 0 Å². The van der Waals surface area contributed by atoms with Gasteiger partial charge in [-0.25, -0.2) is 0 Å². The summed E-state index contributed by atoms with van der Waals surface area (Å²) in [4.78, 5) is 2.48. The van der Waals surface area contributed by atoms with E-state index in [0.717, 1.165) is 19.4 Å². The van der Waals surface area contributed by atoms with Crippen LogP contribution in [-0.2, 0) is 0 Å². The summed E-state index contributed by atoms with van der Waals surface area (Å²) in [7, 11) is 0. The molecular weight excluding hydrogens is 266 g/mol. The van der Waals surface area contributed by atoms with E-state index in [1.807, 2.05) is 0 Å². The van der Waals surface area contributed by atoms with Gasteiger partial charge in [0.1, 0.15) is 0 Å². The van der Waals surface area contributed by atoms with Crippen LogP contribution < -0.4 is 0 Å². The van der Waals surface area contributed by atoms with Gasteiger partial charge >= 0.3 is 0 Å². The van der Waals surface area contributed by atoms with Gasteiger partial charge in [0.2, 0.25) is 0 Å². The first-order valence-electron chi connectivity index (χ1n) is 9.17. The van der Waals surface area contributed by atoms with E-state index in [1.54, 1.807) is 5.57 Å². The summed E-state index contributed by atoms with van der Waals surface area (Å²) in [5, 5.41) is 0. The smallest absolute Gasteiger partial charge is 0.0222 e. The van der Waals surface area contributed by atoms with E-state index in [-0.39, 0.29) is 0 Å². The molecular formula is C21H35N. The van der Waals surface area contributed by atoms with E-state index in [2.05, 4.69) is 56.3 Å². The van der Waals surface area contributed by atoms with E-state index in [1.165, 1.54) is 50.6 Å². The highest BCUT2D eigenvalue weighted by Crippen LogP contribution is 2.34. The van der Waals surface area contributed by atoms with Gasteiger partial charge < -0.3 is 4.90 Å². The number of hydrogen-bond acceptors (Lipinski definition) is 1. The number of nitrogens with zero attached hydrogens (tertiary/aromatic N) is 1. The van der Waals surface area contributed by atoms with Crippen LogP contribution >= 0.6 is 0 Å². The summed E-state index contributed by atoms with van der Waals surface area (Å²) in [5.74, 6) is 0.548. The third kappa shape index (κ3) is 5.87. The van der Waals surface area contributed by atoms with Crippen molar-refractivity contribution in [2.75, 3.05) is 6.54 Å². The summed E-state index contributed by atoms with van der Waals surface area (Å²) in [5.41, 5.74) is 3.14. The largest absolute Gasteiger partial charge is 0.351 e. The SMILES string of the molecule is C=CCC1=C(CCCCC)C(CC=C)C=CN1CCCCC. The molecule has 0 radical (unpaired) electrons. The quantitative estimate of drug-likeness (QED) is 0.289. The minimum Gasteiger partial charge on any atom is -0.351 e. The van der Waals surface area contributed by atoms with Crippen molar-refractivity contribution in [3.05, 3.63) is 48.9 Å². The Kier molecular flexibility index (Phi) is 9.70. The average molecular weight is 302 g/mol. The summed E-state index contributed by atoms with van der Waals surface area (Å²) in [6, 6.07) is 0. The van der Waals surface area contributed by atoms with Gasteiger partial charge in [-0.15, -0.1) is 13.2 Å². The Morgan fingerprint density at radius 2 is 1.77 bits per heavy atom. The molecule has 22 heavy (non-hydrogen) atoms. The third-order valence-electron chi connectivity index (χ3n) is 4.47.